The Kier molecular flexibility index (Phi) is 9.57. The smallest absolute Gasteiger partial charge is 0.329 e. The number of carbonyl (C=O) groups is 2. The number of nitrogens with zero attached hydrogens (tertiary/aromatic N) is 1. The molecule has 1 atom stereocenters. The van der Waals surface area contributed by atoms with Gasteiger partial charge in [0.2, 0.25) is 0 Å². The molecule has 0 radical (unpaired) electrons. The van der Waals surface area contributed by atoms with Gasteiger partial charge in [-0.2, -0.15) is 0 Å². The molecule has 38 heavy (non-hydrogen) atoms. The molecule has 2 aromatic carbocycles. The van der Waals surface area contributed by atoms with Crippen LogP contribution in [0.1, 0.15) is 69.2 Å². The third-order valence-electron chi connectivity index (χ3n) is 6.98. The van der Waals surface area contributed by atoms with Crippen molar-refractivity contribution in [1.82, 2.24) is 10.2 Å². The van der Waals surface area contributed by atoms with Crippen molar-refractivity contribution in [3.63, 3.8) is 0 Å². The second-order valence-corrected chi connectivity index (χ2v) is 9.85. The van der Waals surface area contributed by atoms with E-state index in [4.69, 9.17) is 9.47 Å². The van der Waals surface area contributed by atoms with Gasteiger partial charge in [0.25, 0.3) is 5.92 Å². The van der Waals surface area contributed by atoms with Gasteiger partial charge in [0, 0.05) is 24.9 Å². The molecule has 0 heterocycles. The molecule has 3 rings (SSSR count). The molecular formula is C29H38F2N2O5. The number of aryl methyl sites for hydroxylation is 1. The fourth-order valence-electron chi connectivity index (χ4n) is 4.84. The number of amides is 2. The number of hydrogen-bond acceptors (Lipinski definition) is 4. The Bertz CT molecular complexity index is 1070. The van der Waals surface area contributed by atoms with Crippen molar-refractivity contribution in [2.45, 2.75) is 77.3 Å². The Morgan fingerprint density at radius 1 is 1.05 bits per heavy atom. The predicted molar refractivity (Wildman–Crippen MR) is 141 cm³/mol. The molecule has 1 aliphatic rings. The minimum Gasteiger partial charge on any atom is -0.493 e. The number of benzene rings is 2. The number of hydrogen-bond donors (Lipinski definition) is 2. The zero-order chi connectivity index (χ0) is 27.9. The largest absolute Gasteiger partial charge is 0.493 e. The third kappa shape index (κ3) is 6.94. The molecule has 7 nitrogen and oxygen atoms in total. The Hall–Kier alpha value is -3.36. The van der Waals surface area contributed by atoms with Crippen molar-refractivity contribution >= 4 is 12.0 Å². The first-order valence-corrected chi connectivity index (χ1v) is 13.2. The van der Waals surface area contributed by atoms with Crippen LogP contribution in [-0.4, -0.2) is 53.2 Å². The average Bonchev–Trinajstić information content (AvgIpc) is 2.85. The number of carboxylic acids is 1. The number of rotatable bonds is 13. The number of aliphatic carboxylic acids is 1. The molecule has 9 heteroatoms. The fourth-order valence-corrected chi connectivity index (χ4v) is 4.84. The Balaban J connectivity index is 1.85. The number of carboxylic acid groups (broad SMARTS) is 1. The summed E-state index contributed by atoms with van der Waals surface area (Å²) in [5, 5.41) is 12.1. The van der Waals surface area contributed by atoms with Crippen LogP contribution in [0.4, 0.5) is 13.6 Å². The van der Waals surface area contributed by atoms with Crippen LogP contribution in [-0.2, 0) is 11.2 Å². The summed E-state index contributed by atoms with van der Waals surface area (Å²) in [6.45, 7) is 8.69. The van der Waals surface area contributed by atoms with Gasteiger partial charge in [-0.3, -0.25) is 0 Å². The quantitative estimate of drug-likeness (QED) is 0.303. The van der Waals surface area contributed by atoms with Crippen molar-refractivity contribution < 1.29 is 33.0 Å². The summed E-state index contributed by atoms with van der Waals surface area (Å²) in [7, 11) is 0. The number of carbonyl (C=O) groups excluding carboxylic acids is 1. The maximum absolute atomic E-state index is 13.7. The van der Waals surface area contributed by atoms with Crippen LogP contribution in [0, 0.1) is 6.92 Å². The summed E-state index contributed by atoms with van der Waals surface area (Å²) in [5.41, 5.74) is 0.774. The van der Waals surface area contributed by atoms with E-state index in [0.717, 1.165) is 24.0 Å². The van der Waals surface area contributed by atoms with Crippen molar-refractivity contribution in [2.75, 3.05) is 19.8 Å². The number of nitrogens with one attached hydrogen (secondary N) is 1. The zero-order valence-electron chi connectivity index (χ0n) is 22.6. The summed E-state index contributed by atoms with van der Waals surface area (Å²) in [6, 6.07) is 12.5. The van der Waals surface area contributed by atoms with Crippen molar-refractivity contribution in [3.05, 3.63) is 59.2 Å². The predicted octanol–water partition coefficient (Wildman–Crippen LogP) is 6.14. The number of alkyl halides is 2. The van der Waals surface area contributed by atoms with Gasteiger partial charge in [-0.05, 0) is 70.2 Å². The van der Waals surface area contributed by atoms with E-state index in [1.54, 1.807) is 0 Å². The summed E-state index contributed by atoms with van der Waals surface area (Å²) >= 11 is 0. The molecule has 0 aliphatic heterocycles. The van der Waals surface area contributed by atoms with Crippen molar-refractivity contribution in [1.29, 1.82) is 0 Å². The van der Waals surface area contributed by atoms with E-state index in [9.17, 15) is 23.5 Å². The lowest BCUT2D eigenvalue weighted by Crippen LogP contribution is -2.68. The van der Waals surface area contributed by atoms with Gasteiger partial charge in [0.1, 0.15) is 11.5 Å². The highest BCUT2D eigenvalue weighted by molar-refractivity contribution is 5.88. The highest BCUT2D eigenvalue weighted by Gasteiger charge is 2.62. The highest BCUT2D eigenvalue weighted by atomic mass is 19.3. The second kappa shape index (κ2) is 12.5. The average molecular weight is 533 g/mol. The van der Waals surface area contributed by atoms with Crippen LogP contribution in [0.5, 0.6) is 11.5 Å². The topological polar surface area (TPSA) is 88.1 Å². The summed E-state index contributed by atoms with van der Waals surface area (Å²) < 4.78 is 39.0. The summed E-state index contributed by atoms with van der Waals surface area (Å²) in [4.78, 5) is 26.9. The van der Waals surface area contributed by atoms with Gasteiger partial charge in [-0.25, -0.2) is 18.4 Å². The lowest BCUT2D eigenvalue weighted by Gasteiger charge is -2.45. The van der Waals surface area contributed by atoms with E-state index in [-0.39, 0.29) is 0 Å². The van der Waals surface area contributed by atoms with E-state index in [1.165, 1.54) is 10.5 Å². The maximum Gasteiger partial charge on any atom is 0.329 e. The summed E-state index contributed by atoms with van der Waals surface area (Å²) in [6.07, 6.45) is 0.412. The number of urea groups is 1. The number of unbranched alkanes of at least 4 members (excludes halogenated alkanes) is 1. The Morgan fingerprint density at radius 2 is 1.63 bits per heavy atom. The molecule has 1 saturated carbocycles. The van der Waals surface area contributed by atoms with Crippen LogP contribution in [0.3, 0.4) is 0 Å². The third-order valence-corrected chi connectivity index (χ3v) is 6.98. The van der Waals surface area contributed by atoms with Gasteiger partial charge in [0.15, 0.2) is 5.54 Å². The van der Waals surface area contributed by atoms with Gasteiger partial charge in [-0.15, -0.1) is 0 Å². The second-order valence-electron chi connectivity index (χ2n) is 9.85. The summed E-state index contributed by atoms with van der Waals surface area (Å²) in [5.74, 6) is -3.31. The van der Waals surface area contributed by atoms with Crippen molar-refractivity contribution in [2.24, 2.45) is 0 Å². The Morgan fingerprint density at radius 3 is 2.13 bits per heavy atom. The highest BCUT2D eigenvalue weighted by Crippen LogP contribution is 2.46. The van der Waals surface area contributed by atoms with Crippen LogP contribution < -0.4 is 14.8 Å². The molecule has 0 spiro atoms. The molecule has 2 N–H and O–H groups in total. The first-order valence-electron chi connectivity index (χ1n) is 13.2. The van der Waals surface area contributed by atoms with Crippen LogP contribution in [0.2, 0.25) is 0 Å². The Labute approximate surface area is 223 Å². The molecule has 208 valence electrons. The minimum atomic E-state index is -3.12. The minimum absolute atomic E-state index is 0.313. The first-order chi connectivity index (χ1) is 18.0. The first kappa shape index (κ1) is 29.2. The van der Waals surface area contributed by atoms with E-state index in [0.29, 0.717) is 37.7 Å². The van der Waals surface area contributed by atoms with Gasteiger partial charge in [-0.1, -0.05) is 30.3 Å². The maximum atomic E-state index is 13.7. The molecule has 1 fully saturated rings. The molecule has 0 unspecified atom stereocenters. The van der Waals surface area contributed by atoms with Gasteiger partial charge < -0.3 is 24.8 Å². The molecule has 0 aromatic heterocycles. The molecular weight excluding hydrogens is 494 g/mol. The molecule has 1 aliphatic carbocycles. The van der Waals surface area contributed by atoms with Gasteiger partial charge in [0.05, 0.1) is 19.3 Å². The molecule has 0 saturated heterocycles. The lowest BCUT2D eigenvalue weighted by molar-refractivity contribution is -0.175. The molecule has 2 aromatic rings. The SMILES string of the molecule is CCOc1cc([C@@H](C)N(CCCCc2ccccc2)C(=O)NC2(C(=O)O)CC(F)(F)C2)cc(OCC)c1C. The number of ether oxygens (including phenoxy) is 2. The van der Waals surface area contributed by atoms with E-state index >= 15 is 0 Å². The zero-order valence-corrected chi connectivity index (χ0v) is 22.6. The van der Waals surface area contributed by atoms with E-state index in [1.807, 2.05) is 70.2 Å². The lowest BCUT2D eigenvalue weighted by atomic mass is 9.73. The van der Waals surface area contributed by atoms with Crippen LogP contribution >= 0.6 is 0 Å². The van der Waals surface area contributed by atoms with Gasteiger partial charge >= 0.3 is 12.0 Å². The van der Waals surface area contributed by atoms with E-state index < -0.39 is 42.3 Å². The molecule has 2 amide bonds. The van der Waals surface area contributed by atoms with Crippen LogP contribution in [0.25, 0.3) is 0 Å². The van der Waals surface area contributed by atoms with E-state index in [2.05, 4.69) is 5.32 Å². The normalized spacial score (nSPS) is 16.2. The fraction of sp³-hybridized carbons (Fsp3) is 0.517. The van der Waals surface area contributed by atoms with Crippen molar-refractivity contribution in [3.8, 4) is 11.5 Å². The van der Waals surface area contributed by atoms with Crippen LogP contribution in [0.15, 0.2) is 42.5 Å². The number of halogens is 2. The monoisotopic (exact) mass is 532 g/mol. The standard InChI is InChI=1S/C29H38F2N2O5/c1-5-37-24-16-23(17-25(20(24)3)38-6-2)21(4)33(15-11-10-14-22-12-8-7-9-13-22)27(36)32-28(26(34)35)18-29(30,31)19-28/h7-9,12-13,16-17,21H,5-6,10-11,14-15,18-19H2,1-4H3,(H,32,36)(H,34,35)/t21-/m1/s1. The molecule has 0 bridgehead atoms.